The van der Waals surface area contributed by atoms with E-state index in [2.05, 4.69) is 20.8 Å². The van der Waals surface area contributed by atoms with Crippen molar-refractivity contribution in [3.05, 3.63) is 5.89 Å². The summed E-state index contributed by atoms with van der Waals surface area (Å²) < 4.78 is 5.02. The summed E-state index contributed by atoms with van der Waals surface area (Å²) in [5, 5.41) is 12.9. The number of nitrogens with zero attached hydrogens (tertiary/aromatic N) is 2. The van der Waals surface area contributed by atoms with Crippen LogP contribution in [0, 0.1) is 12.8 Å². The minimum absolute atomic E-state index is 0.0693. The highest BCUT2D eigenvalue weighted by atomic mass is 16.4. The number of rotatable bonds is 3. The van der Waals surface area contributed by atoms with Crippen LogP contribution in [-0.2, 0) is 4.79 Å². The molecule has 2 heterocycles. The Morgan fingerprint density at radius 1 is 1.64 bits per heavy atom. The predicted molar refractivity (Wildman–Crippen MR) is 48.6 cm³/mol. The van der Waals surface area contributed by atoms with Crippen molar-refractivity contribution in [3.8, 4) is 0 Å². The number of carbonyl (C=O) groups is 1. The fourth-order valence-corrected chi connectivity index (χ4v) is 1.27. The van der Waals surface area contributed by atoms with Crippen LogP contribution in [0.3, 0.4) is 0 Å². The molecule has 0 aromatic carbocycles. The molecule has 76 valence electrons. The molecule has 0 atom stereocenters. The van der Waals surface area contributed by atoms with Gasteiger partial charge in [-0.05, 0) is 19.0 Å². The highest BCUT2D eigenvalue weighted by Crippen LogP contribution is 2.10. The number of carbonyl (C=O) groups excluding carboxylic acids is 1. The maximum atomic E-state index is 11.4. The van der Waals surface area contributed by atoms with E-state index in [1.807, 2.05) is 0 Å². The number of anilines is 1. The van der Waals surface area contributed by atoms with E-state index in [0.29, 0.717) is 18.2 Å². The van der Waals surface area contributed by atoms with Gasteiger partial charge in [-0.1, -0.05) is 5.10 Å². The lowest BCUT2D eigenvalue weighted by atomic mass is 9.99. The monoisotopic (exact) mass is 196 g/mol. The molecule has 6 heteroatoms. The highest BCUT2D eigenvalue weighted by molar-refractivity contribution is 5.88. The van der Waals surface area contributed by atoms with Crippen molar-refractivity contribution in [2.45, 2.75) is 13.3 Å². The first-order valence-corrected chi connectivity index (χ1v) is 4.54. The fraction of sp³-hybridized carbons (Fsp3) is 0.625. The Kier molecular flexibility index (Phi) is 2.45. The molecular weight excluding hydrogens is 184 g/mol. The van der Waals surface area contributed by atoms with Crippen LogP contribution in [-0.4, -0.2) is 29.2 Å². The van der Waals surface area contributed by atoms with Crippen molar-refractivity contribution in [1.29, 1.82) is 0 Å². The lowest BCUT2D eigenvalue weighted by Crippen LogP contribution is -2.43. The summed E-state index contributed by atoms with van der Waals surface area (Å²) >= 11 is 0. The Bertz CT molecular complexity index is 332. The second-order valence-electron chi connectivity index (χ2n) is 3.40. The van der Waals surface area contributed by atoms with Gasteiger partial charge >= 0.3 is 6.01 Å². The van der Waals surface area contributed by atoms with Crippen LogP contribution in [0.4, 0.5) is 6.01 Å². The van der Waals surface area contributed by atoms with Gasteiger partial charge in [0.25, 0.3) is 0 Å². The van der Waals surface area contributed by atoms with Gasteiger partial charge in [-0.2, -0.15) is 0 Å². The number of amides is 1. The first kappa shape index (κ1) is 9.14. The number of aromatic nitrogens is 2. The lowest BCUT2D eigenvalue weighted by molar-refractivity contribution is -0.117. The third-order valence-corrected chi connectivity index (χ3v) is 2.11. The van der Waals surface area contributed by atoms with Gasteiger partial charge in [0.2, 0.25) is 11.8 Å². The molecule has 1 saturated heterocycles. The zero-order valence-electron chi connectivity index (χ0n) is 7.91. The molecule has 0 spiro atoms. The number of hydrogen-bond acceptors (Lipinski definition) is 5. The van der Waals surface area contributed by atoms with Crippen molar-refractivity contribution in [3.63, 3.8) is 0 Å². The van der Waals surface area contributed by atoms with Crippen molar-refractivity contribution >= 4 is 11.9 Å². The minimum atomic E-state index is -0.0693. The molecule has 0 aliphatic carbocycles. The van der Waals surface area contributed by atoms with Crippen LogP contribution in [0.25, 0.3) is 0 Å². The SMILES string of the molecule is Cc1nnc(NC(=O)CC2CNC2)o1. The largest absolute Gasteiger partial charge is 0.408 e. The van der Waals surface area contributed by atoms with Crippen molar-refractivity contribution in [2.75, 3.05) is 18.4 Å². The number of aryl methyl sites for hydroxylation is 1. The molecule has 2 rings (SSSR count). The van der Waals surface area contributed by atoms with E-state index in [-0.39, 0.29) is 11.9 Å². The predicted octanol–water partition coefficient (Wildman–Crippen LogP) is -0.0740. The Morgan fingerprint density at radius 2 is 2.43 bits per heavy atom. The molecule has 0 radical (unpaired) electrons. The molecule has 1 aliphatic rings. The average molecular weight is 196 g/mol. The van der Waals surface area contributed by atoms with Crippen molar-refractivity contribution in [2.24, 2.45) is 5.92 Å². The van der Waals surface area contributed by atoms with Crippen molar-refractivity contribution in [1.82, 2.24) is 15.5 Å². The Balaban J connectivity index is 1.81. The Hall–Kier alpha value is -1.43. The molecule has 6 nitrogen and oxygen atoms in total. The van der Waals surface area contributed by atoms with E-state index in [1.54, 1.807) is 6.92 Å². The van der Waals surface area contributed by atoms with Crippen LogP contribution in [0.2, 0.25) is 0 Å². The van der Waals surface area contributed by atoms with E-state index in [4.69, 9.17) is 4.42 Å². The Morgan fingerprint density at radius 3 is 2.93 bits per heavy atom. The van der Waals surface area contributed by atoms with Gasteiger partial charge in [0, 0.05) is 13.3 Å². The van der Waals surface area contributed by atoms with Crippen molar-refractivity contribution < 1.29 is 9.21 Å². The van der Waals surface area contributed by atoms with E-state index in [0.717, 1.165) is 13.1 Å². The molecule has 14 heavy (non-hydrogen) atoms. The maximum absolute atomic E-state index is 11.4. The second-order valence-corrected chi connectivity index (χ2v) is 3.40. The van der Waals surface area contributed by atoms with Gasteiger partial charge in [-0.25, -0.2) is 0 Å². The third-order valence-electron chi connectivity index (χ3n) is 2.11. The van der Waals surface area contributed by atoms with Gasteiger partial charge in [0.15, 0.2) is 0 Å². The molecule has 1 fully saturated rings. The van der Waals surface area contributed by atoms with Gasteiger partial charge < -0.3 is 9.73 Å². The molecule has 1 aromatic heterocycles. The standard InChI is InChI=1S/C8H12N4O2/c1-5-11-12-8(14-5)10-7(13)2-6-3-9-4-6/h6,9H,2-4H2,1H3,(H,10,12,13). The molecular formula is C8H12N4O2. The molecule has 0 saturated carbocycles. The lowest BCUT2D eigenvalue weighted by Gasteiger charge is -2.25. The smallest absolute Gasteiger partial charge is 0.322 e. The molecule has 2 N–H and O–H groups in total. The normalized spacial score (nSPS) is 16.4. The van der Waals surface area contributed by atoms with E-state index >= 15 is 0 Å². The topological polar surface area (TPSA) is 80.0 Å². The third kappa shape index (κ3) is 2.08. The molecule has 1 amide bonds. The van der Waals surface area contributed by atoms with E-state index in [9.17, 15) is 4.79 Å². The van der Waals surface area contributed by atoms with Crippen LogP contribution in [0.15, 0.2) is 4.42 Å². The molecule has 1 aromatic rings. The minimum Gasteiger partial charge on any atom is -0.408 e. The van der Waals surface area contributed by atoms with E-state index < -0.39 is 0 Å². The zero-order chi connectivity index (χ0) is 9.97. The summed E-state index contributed by atoms with van der Waals surface area (Å²) in [7, 11) is 0. The quantitative estimate of drug-likeness (QED) is 0.707. The molecule has 1 aliphatic heterocycles. The van der Waals surface area contributed by atoms with E-state index in [1.165, 1.54) is 0 Å². The summed E-state index contributed by atoms with van der Waals surface area (Å²) in [5.41, 5.74) is 0. The highest BCUT2D eigenvalue weighted by Gasteiger charge is 2.20. The van der Waals surface area contributed by atoms with Gasteiger partial charge in [0.1, 0.15) is 0 Å². The first-order valence-electron chi connectivity index (χ1n) is 4.54. The summed E-state index contributed by atoms with van der Waals surface area (Å²) in [4.78, 5) is 11.4. The molecule has 0 bridgehead atoms. The van der Waals surface area contributed by atoms with Gasteiger partial charge in [-0.15, -0.1) is 5.10 Å². The average Bonchev–Trinajstić information content (AvgIpc) is 2.44. The first-order chi connectivity index (χ1) is 6.74. The summed E-state index contributed by atoms with van der Waals surface area (Å²) in [6.07, 6.45) is 0.508. The Labute approximate surface area is 81.1 Å². The summed E-state index contributed by atoms with van der Waals surface area (Å²) in [5.74, 6) is 0.824. The number of nitrogens with one attached hydrogen (secondary N) is 2. The van der Waals surface area contributed by atoms with Crippen LogP contribution >= 0.6 is 0 Å². The summed E-state index contributed by atoms with van der Waals surface area (Å²) in [6.45, 7) is 3.51. The second kappa shape index (κ2) is 3.75. The zero-order valence-corrected chi connectivity index (χ0v) is 7.91. The van der Waals surface area contributed by atoms with Crippen LogP contribution in [0.5, 0.6) is 0 Å². The maximum Gasteiger partial charge on any atom is 0.322 e. The molecule has 0 unspecified atom stereocenters. The summed E-state index contributed by atoms with van der Waals surface area (Å²) in [6, 6.07) is 0.180. The van der Waals surface area contributed by atoms with Crippen LogP contribution in [0.1, 0.15) is 12.3 Å². The van der Waals surface area contributed by atoms with Crippen LogP contribution < -0.4 is 10.6 Å². The van der Waals surface area contributed by atoms with Gasteiger partial charge in [0.05, 0.1) is 0 Å². The van der Waals surface area contributed by atoms with Gasteiger partial charge in [-0.3, -0.25) is 10.1 Å². The number of hydrogen-bond donors (Lipinski definition) is 2. The fourth-order valence-electron chi connectivity index (χ4n) is 1.27.